The molecule has 5 nitrogen and oxygen atoms in total. The molecule has 0 fully saturated rings. The van der Waals surface area contributed by atoms with E-state index in [0.29, 0.717) is 12.2 Å². The molecule has 1 aliphatic rings. The lowest BCUT2D eigenvalue weighted by Crippen LogP contribution is -2.26. The Morgan fingerprint density at radius 3 is 3.08 bits per heavy atom. The van der Waals surface area contributed by atoms with E-state index in [1.165, 1.54) is 6.20 Å². The van der Waals surface area contributed by atoms with E-state index in [9.17, 15) is 9.59 Å². The highest BCUT2D eigenvalue weighted by Gasteiger charge is 2.15. The summed E-state index contributed by atoms with van der Waals surface area (Å²) in [6, 6.07) is 0. The SMILES string of the molecule is O=C1NCCCc2cnc(=O)[nH]c21. The van der Waals surface area contributed by atoms with Crippen LogP contribution in [0.15, 0.2) is 11.0 Å². The minimum Gasteiger partial charge on any atom is -0.351 e. The lowest BCUT2D eigenvalue weighted by Gasteiger charge is -2.00. The number of amides is 1. The second-order valence-electron chi connectivity index (χ2n) is 2.95. The number of carbonyl (C=O) groups excluding carboxylic acids is 1. The van der Waals surface area contributed by atoms with Gasteiger partial charge in [-0.1, -0.05) is 0 Å². The molecule has 0 aliphatic carbocycles. The van der Waals surface area contributed by atoms with Gasteiger partial charge in [-0.15, -0.1) is 0 Å². The van der Waals surface area contributed by atoms with Gasteiger partial charge in [0.05, 0.1) is 0 Å². The van der Waals surface area contributed by atoms with Crippen LogP contribution in [0.5, 0.6) is 0 Å². The number of nitrogens with one attached hydrogen (secondary N) is 2. The molecule has 5 heteroatoms. The number of H-pyrrole nitrogens is 1. The largest absolute Gasteiger partial charge is 0.351 e. The van der Waals surface area contributed by atoms with Crippen LogP contribution < -0.4 is 11.0 Å². The smallest absolute Gasteiger partial charge is 0.345 e. The fraction of sp³-hybridized carbons (Fsp3) is 0.375. The van der Waals surface area contributed by atoms with Crippen LogP contribution in [-0.4, -0.2) is 22.4 Å². The second kappa shape index (κ2) is 3.01. The number of hydrogen-bond donors (Lipinski definition) is 2. The Kier molecular flexibility index (Phi) is 1.84. The first-order chi connectivity index (χ1) is 6.27. The minimum absolute atomic E-state index is 0.216. The van der Waals surface area contributed by atoms with E-state index in [4.69, 9.17) is 0 Å². The molecule has 0 radical (unpaired) electrons. The van der Waals surface area contributed by atoms with Crippen LogP contribution in [0.4, 0.5) is 0 Å². The van der Waals surface area contributed by atoms with E-state index in [2.05, 4.69) is 15.3 Å². The van der Waals surface area contributed by atoms with Crippen molar-refractivity contribution < 1.29 is 4.79 Å². The molecule has 68 valence electrons. The molecular weight excluding hydrogens is 170 g/mol. The highest BCUT2D eigenvalue weighted by molar-refractivity contribution is 5.93. The van der Waals surface area contributed by atoms with E-state index in [1.807, 2.05) is 0 Å². The Balaban J connectivity index is 2.55. The van der Waals surface area contributed by atoms with E-state index < -0.39 is 5.69 Å². The van der Waals surface area contributed by atoms with Crippen molar-refractivity contribution in [3.8, 4) is 0 Å². The van der Waals surface area contributed by atoms with Gasteiger partial charge in [-0.25, -0.2) is 9.78 Å². The highest BCUT2D eigenvalue weighted by Crippen LogP contribution is 2.08. The summed E-state index contributed by atoms with van der Waals surface area (Å²) in [6.07, 6.45) is 3.13. The summed E-state index contributed by atoms with van der Waals surface area (Å²) in [4.78, 5) is 28.2. The summed E-state index contributed by atoms with van der Waals surface area (Å²) in [6.45, 7) is 0.648. The van der Waals surface area contributed by atoms with Gasteiger partial charge in [0.25, 0.3) is 5.91 Å². The summed E-state index contributed by atoms with van der Waals surface area (Å²) >= 11 is 0. The lowest BCUT2D eigenvalue weighted by atomic mass is 10.1. The number of aromatic amines is 1. The van der Waals surface area contributed by atoms with Crippen LogP contribution in [0.1, 0.15) is 22.5 Å². The summed E-state index contributed by atoms with van der Waals surface area (Å²) in [5.74, 6) is -0.216. The maximum absolute atomic E-state index is 11.3. The van der Waals surface area contributed by atoms with Crippen molar-refractivity contribution in [1.82, 2.24) is 15.3 Å². The van der Waals surface area contributed by atoms with Crippen molar-refractivity contribution in [3.05, 3.63) is 27.9 Å². The number of rotatable bonds is 0. The van der Waals surface area contributed by atoms with E-state index >= 15 is 0 Å². The van der Waals surface area contributed by atoms with Gasteiger partial charge in [0.2, 0.25) is 0 Å². The first kappa shape index (κ1) is 7.97. The molecule has 2 heterocycles. The molecule has 0 atom stereocenters. The van der Waals surface area contributed by atoms with Gasteiger partial charge in [0.1, 0.15) is 5.69 Å². The van der Waals surface area contributed by atoms with Crippen LogP contribution in [0.2, 0.25) is 0 Å². The predicted molar refractivity (Wildman–Crippen MR) is 45.5 cm³/mol. The van der Waals surface area contributed by atoms with Gasteiger partial charge >= 0.3 is 5.69 Å². The highest BCUT2D eigenvalue weighted by atomic mass is 16.2. The molecule has 1 aromatic rings. The van der Waals surface area contributed by atoms with Gasteiger partial charge in [0.15, 0.2) is 0 Å². The minimum atomic E-state index is -0.476. The molecule has 1 amide bonds. The molecule has 0 aromatic carbocycles. The molecule has 1 aliphatic heterocycles. The zero-order chi connectivity index (χ0) is 9.26. The Bertz CT molecular complexity index is 397. The quantitative estimate of drug-likeness (QED) is 0.561. The van der Waals surface area contributed by atoms with Crippen molar-refractivity contribution in [3.63, 3.8) is 0 Å². The monoisotopic (exact) mass is 179 g/mol. The summed E-state index contributed by atoms with van der Waals surface area (Å²) in [5.41, 5.74) is 0.697. The molecule has 0 saturated heterocycles. The zero-order valence-corrected chi connectivity index (χ0v) is 6.96. The van der Waals surface area contributed by atoms with Crippen LogP contribution >= 0.6 is 0 Å². The van der Waals surface area contributed by atoms with Gasteiger partial charge < -0.3 is 10.3 Å². The molecule has 0 spiro atoms. The maximum Gasteiger partial charge on any atom is 0.345 e. The number of nitrogens with zero attached hydrogens (tertiary/aromatic N) is 1. The van der Waals surface area contributed by atoms with E-state index in [-0.39, 0.29) is 5.91 Å². The van der Waals surface area contributed by atoms with Crippen LogP contribution in [0.25, 0.3) is 0 Å². The van der Waals surface area contributed by atoms with Gasteiger partial charge in [-0.2, -0.15) is 0 Å². The predicted octanol–water partition coefficient (Wildman–Crippen LogP) is -0.554. The lowest BCUT2D eigenvalue weighted by molar-refractivity contribution is 0.0950. The Morgan fingerprint density at radius 1 is 1.38 bits per heavy atom. The molecule has 2 rings (SSSR count). The maximum atomic E-state index is 11.3. The normalized spacial score (nSPS) is 15.8. The average Bonchev–Trinajstić information content (AvgIpc) is 2.29. The molecule has 0 unspecified atom stereocenters. The van der Waals surface area contributed by atoms with Gasteiger partial charge in [-0.3, -0.25) is 4.79 Å². The third kappa shape index (κ3) is 1.44. The van der Waals surface area contributed by atoms with E-state index in [1.54, 1.807) is 0 Å². The van der Waals surface area contributed by atoms with Crippen molar-refractivity contribution in [2.24, 2.45) is 0 Å². The van der Waals surface area contributed by atoms with Crippen LogP contribution in [0, 0.1) is 0 Å². The van der Waals surface area contributed by atoms with Gasteiger partial charge in [0, 0.05) is 12.7 Å². The number of aryl methyl sites for hydroxylation is 1. The standard InChI is InChI=1S/C8H9N3O2/c12-7-6-5(2-1-3-9-7)4-10-8(13)11-6/h4H,1-3H2,(H,9,12)(H,10,11,13). The first-order valence-corrected chi connectivity index (χ1v) is 4.14. The molecule has 0 bridgehead atoms. The van der Waals surface area contributed by atoms with Gasteiger partial charge in [-0.05, 0) is 18.4 Å². The second-order valence-corrected chi connectivity index (χ2v) is 2.95. The fourth-order valence-corrected chi connectivity index (χ4v) is 1.38. The summed E-state index contributed by atoms with van der Waals surface area (Å²) in [7, 11) is 0. The Morgan fingerprint density at radius 2 is 2.23 bits per heavy atom. The van der Waals surface area contributed by atoms with Crippen molar-refractivity contribution in [2.45, 2.75) is 12.8 Å². The summed E-state index contributed by atoms with van der Waals surface area (Å²) < 4.78 is 0. The number of carbonyl (C=O) groups is 1. The molecular formula is C8H9N3O2. The van der Waals surface area contributed by atoms with Crippen molar-refractivity contribution >= 4 is 5.91 Å². The molecule has 0 saturated carbocycles. The molecule has 2 N–H and O–H groups in total. The van der Waals surface area contributed by atoms with E-state index in [0.717, 1.165) is 18.4 Å². The van der Waals surface area contributed by atoms with Crippen LogP contribution in [-0.2, 0) is 6.42 Å². The number of hydrogen-bond acceptors (Lipinski definition) is 3. The van der Waals surface area contributed by atoms with Crippen molar-refractivity contribution in [1.29, 1.82) is 0 Å². The fourth-order valence-electron chi connectivity index (χ4n) is 1.38. The van der Waals surface area contributed by atoms with Crippen LogP contribution in [0.3, 0.4) is 0 Å². The number of fused-ring (bicyclic) bond motifs is 1. The Labute approximate surface area is 74.2 Å². The Hall–Kier alpha value is -1.65. The topological polar surface area (TPSA) is 74.8 Å². The third-order valence-electron chi connectivity index (χ3n) is 2.03. The molecule has 1 aromatic heterocycles. The molecule has 13 heavy (non-hydrogen) atoms. The zero-order valence-electron chi connectivity index (χ0n) is 6.96. The average molecular weight is 179 g/mol. The third-order valence-corrected chi connectivity index (χ3v) is 2.03. The first-order valence-electron chi connectivity index (χ1n) is 4.14. The summed E-state index contributed by atoms with van der Waals surface area (Å²) in [5, 5.41) is 2.69. The van der Waals surface area contributed by atoms with Crippen molar-refractivity contribution in [2.75, 3.05) is 6.54 Å². The number of aromatic nitrogens is 2.